The molecule has 0 aromatic heterocycles. The van der Waals surface area contributed by atoms with Crippen molar-refractivity contribution in [3.63, 3.8) is 0 Å². The van der Waals surface area contributed by atoms with Crippen LogP contribution in [0.3, 0.4) is 0 Å². The molecule has 1 aliphatic carbocycles. The van der Waals surface area contributed by atoms with Crippen molar-refractivity contribution in [2.24, 2.45) is 0 Å². The molecule has 1 saturated heterocycles. The Morgan fingerprint density at radius 3 is 1.68 bits per heavy atom. The third-order valence-electron chi connectivity index (χ3n) is 5.01. The first-order chi connectivity index (χ1) is 10.8. The molecule has 5 rings (SSSR count). The van der Waals surface area contributed by atoms with Gasteiger partial charge in [-0.15, -0.1) is 0 Å². The summed E-state index contributed by atoms with van der Waals surface area (Å²) in [5.41, 5.74) is 3.72. The van der Waals surface area contributed by atoms with Gasteiger partial charge in [0, 0.05) is 0 Å². The number of hydrazine groups is 1. The maximum atomic E-state index is 12.6. The lowest BCUT2D eigenvalue weighted by atomic mass is 9.92. The van der Waals surface area contributed by atoms with E-state index in [2.05, 4.69) is 12.1 Å². The normalized spacial score (nSPS) is 28.2. The zero-order valence-corrected chi connectivity index (χ0v) is 11.9. The Balaban J connectivity index is 1.48. The van der Waals surface area contributed by atoms with Crippen LogP contribution >= 0.6 is 0 Å². The van der Waals surface area contributed by atoms with Crippen molar-refractivity contribution in [3.05, 3.63) is 70.8 Å². The van der Waals surface area contributed by atoms with Crippen molar-refractivity contribution in [1.29, 1.82) is 0 Å². The summed E-state index contributed by atoms with van der Waals surface area (Å²) < 4.78 is 0. The van der Waals surface area contributed by atoms with E-state index in [0.29, 0.717) is 11.1 Å². The smallest absolute Gasteiger partial charge is 0.267 e. The zero-order valence-electron chi connectivity index (χ0n) is 11.9. The van der Waals surface area contributed by atoms with E-state index in [-0.39, 0.29) is 23.9 Å². The summed E-state index contributed by atoms with van der Waals surface area (Å²) in [6.07, 6.45) is 1.82. The number of imide groups is 1. The highest BCUT2D eigenvalue weighted by atomic mass is 16.2. The van der Waals surface area contributed by atoms with Gasteiger partial charge in [0.05, 0.1) is 23.2 Å². The molecule has 2 aliphatic heterocycles. The maximum Gasteiger partial charge on any atom is 0.276 e. The molecule has 0 saturated carbocycles. The fourth-order valence-corrected chi connectivity index (χ4v) is 3.87. The van der Waals surface area contributed by atoms with Crippen LogP contribution in [0.1, 0.15) is 31.8 Å². The van der Waals surface area contributed by atoms with E-state index in [0.717, 1.165) is 12.8 Å². The van der Waals surface area contributed by atoms with Gasteiger partial charge in [0.2, 0.25) is 0 Å². The van der Waals surface area contributed by atoms with Crippen molar-refractivity contribution in [2.45, 2.75) is 24.9 Å². The largest absolute Gasteiger partial charge is 0.276 e. The van der Waals surface area contributed by atoms with Crippen molar-refractivity contribution in [1.82, 2.24) is 10.0 Å². The SMILES string of the molecule is O=C1c2ccccc2C(=O)N1N1C2Cc3ccccc3CC21. The summed E-state index contributed by atoms with van der Waals surface area (Å²) in [4.78, 5) is 25.1. The number of hydrogen-bond acceptors (Lipinski definition) is 3. The zero-order chi connectivity index (χ0) is 14.8. The predicted molar refractivity (Wildman–Crippen MR) is 80.2 cm³/mol. The van der Waals surface area contributed by atoms with Crippen molar-refractivity contribution in [3.8, 4) is 0 Å². The molecule has 2 atom stereocenters. The number of nitrogens with zero attached hydrogens (tertiary/aromatic N) is 2. The van der Waals surface area contributed by atoms with Gasteiger partial charge in [0.15, 0.2) is 0 Å². The van der Waals surface area contributed by atoms with Crippen LogP contribution in [-0.4, -0.2) is 33.9 Å². The van der Waals surface area contributed by atoms with Crippen LogP contribution in [-0.2, 0) is 12.8 Å². The van der Waals surface area contributed by atoms with E-state index < -0.39 is 0 Å². The van der Waals surface area contributed by atoms with E-state index in [1.807, 2.05) is 17.1 Å². The third-order valence-corrected chi connectivity index (χ3v) is 5.01. The first-order valence-corrected chi connectivity index (χ1v) is 7.58. The number of rotatable bonds is 1. The van der Waals surface area contributed by atoms with Crippen LogP contribution in [0, 0.1) is 0 Å². The monoisotopic (exact) mass is 290 g/mol. The van der Waals surface area contributed by atoms with Crippen LogP contribution in [0.5, 0.6) is 0 Å². The molecule has 3 aliphatic rings. The third kappa shape index (κ3) is 1.45. The summed E-state index contributed by atoms with van der Waals surface area (Å²) in [5, 5.41) is 3.34. The average Bonchev–Trinajstić information content (AvgIpc) is 3.18. The highest BCUT2D eigenvalue weighted by Gasteiger charge is 2.58. The molecule has 0 spiro atoms. The number of carbonyl (C=O) groups excluding carboxylic acids is 2. The Morgan fingerprint density at radius 2 is 1.18 bits per heavy atom. The van der Waals surface area contributed by atoms with Gasteiger partial charge in [-0.1, -0.05) is 36.4 Å². The molecular formula is C18H14N2O2. The summed E-state index contributed by atoms with van der Waals surface area (Å²) in [6.45, 7) is 0. The molecule has 0 radical (unpaired) electrons. The van der Waals surface area contributed by atoms with Crippen molar-refractivity contribution >= 4 is 11.8 Å². The fraction of sp³-hybridized carbons (Fsp3) is 0.222. The van der Waals surface area contributed by atoms with E-state index in [1.54, 1.807) is 24.3 Å². The lowest BCUT2D eigenvalue weighted by molar-refractivity contribution is 0.0344. The Bertz CT molecular complexity index is 763. The predicted octanol–water partition coefficient (Wildman–Crippen LogP) is 2.05. The minimum atomic E-state index is -0.181. The van der Waals surface area contributed by atoms with E-state index in [1.165, 1.54) is 16.1 Å². The molecular weight excluding hydrogens is 276 g/mol. The van der Waals surface area contributed by atoms with Crippen molar-refractivity contribution in [2.75, 3.05) is 0 Å². The molecule has 2 amide bonds. The number of hydrogen-bond donors (Lipinski definition) is 0. The van der Waals surface area contributed by atoms with Gasteiger partial charge < -0.3 is 0 Å². The minimum absolute atomic E-state index is 0.181. The van der Waals surface area contributed by atoms with Gasteiger partial charge in [-0.25, -0.2) is 10.0 Å². The molecule has 2 unspecified atom stereocenters. The molecule has 4 heteroatoms. The Morgan fingerprint density at radius 1 is 0.727 bits per heavy atom. The summed E-state index contributed by atoms with van der Waals surface area (Å²) in [7, 11) is 0. The van der Waals surface area contributed by atoms with Gasteiger partial charge in [-0.05, 0) is 36.1 Å². The highest BCUT2D eigenvalue weighted by Crippen LogP contribution is 2.43. The van der Waals surface area contributed by atoms with Gasteiger partial charge in [-0.3, -0.25) is 9.59 Å². The van der Waals surface area contributed by atoms with Crippen LogP contribution in [0.4, 0.5) is 0 Å². The summed E-state index contributed by atoms with van der Waals surface area (Å²) in [6, 6.07) is 16.0. The van der Waals surface area contributed by atoms with Crippen LogP contribution in [0.15, 0.2) is 48.5 Å². The number of fused-ring (bicyclic) bond motifs is 3. The lowest BCUT2D eigenvalue weighted by Crippen LogP contribution is -2.37. The van der Waals surface area contributed by atoms with E-state index >= 15 is 0 Å². The Kier molecular flexibility index (Phi) is 2.23. The molecule has 0 N–H and O–H groups in total. The molecule has 4 nitrogen and oxygen atoms in total. The number of amides is 2. The second kappa shape index (κ2) is 4.05. The van der Waals surface area contributed by atoms with Crippen LogP contribution < -0.4 is 0 Å². The van der Waals surface area contributed by atoms with Gasteiger partial charge in [0.25, 0.3) is 11.8 Å². The quantitative estimate of drug-likeness (QED) is 0.596. The molecule has 1 fully saturated rings. The molecule has 0 bridgehead atoms. The summed E-state index contributed by atoms with van der Waals surface area (Å²) in [5.74, 6) is -0.363. The van der Waals surface area contributed by atoms with Gasteiger partial charge in [-0.2, -0.15) is 0 Å². The molecule has 108 valence electrons. The number of carbonyl (C=O) groups is 2. The summed E-state index contributed by atoms with van der Waals surface area (Å²) >= 11 is 0. The van der Waals surface area contributed by atoms with E-state index in [9.17, 15) is 9.59 Å². The van der Waals surface area contributed by atoms with Gasteiger partial charge >= 0.3 is 0 Å². The first-order valence-electron chi connectivity index (χ1n) is 7.58. The lowest BCUT2D eigenvalue weighted by Gasteiger charge is -2.15. The second-order valence-corrected chi connectivity index (χ2v) is 6.16. The molecule has 2 aromatic rings. The van der Waals surface area contributed by atoms with Gasteiger partial charge in [0.1, 0.15) is 0 Å². The van der Waals surface area contributed by atoms with E-state index in [4.69, 9.17) is 0 Å². The van der Waals surface area contributed by atoms with Crippen molar-refractivity contribution < 1.29 is 9.59 Å². The van der Waals surface area contributed by atoms with Crippen LogP contribution in [0.2, 0.25) is 0 Å². The Labute approximate surface area is 127 Å². The number of benzene rings is 2. The topological polar surface area (TPSA) is 40.4 Å². The molecule has 2 aromatic carbocycles. The van der Waals surface area contributed by atoms with Crippen LogP contribution in [0.25, 0.3) is 0 Å². The highest BCUT2D eigenvalue weighted by molar-refractivity contribution is 6.21. The maximum absolute atomic E-state index is 12.6. The standard InChI is InChI=1S/C18H14N2O2/c21-17-13-7-3-4-8-14(13)18(22)20(17)19-15-9-11-5-1-2-6-12(11)10-16(15)19/h1-8,15-16H,9-10H2. The fourth-order valence-electron chi connectivity index (χ4n) is 3.87. The average molecular weight is 290 g/mol. The molecule has 22 heavy (non-hydrogen) atoms. The Hall–Kier alpha value is -2.46. The minimum Gasteiger partial charge on any atom is -0.267 e. The molecule has 2 heterocycles. The second-order valence-electron chi connectivity index (χ2n) is 6.16. The first kappa shape index (κ1) is 12.1.